The van der Waals surface area contributed by atoms with E-state index < -0.39 is 0 Å². The Morgan fingerprint density at radius 2 is 2.26 bits per heavy atom. The summed E-state index contributed by atoms with van der Waals surface area (Å²) >= 11 is 0. The summed E-state index contributed by atoms with van der Waals surface area (Å²) in [5.41, 5.74) is 1.96. The molecule has 0 unspecified atom stereocenters. The van der Waals surface area contributed by atoms with E-state index in [1.165, 1.54) is 12.1 Å². The Hall–Kier alpha value is -1.88. The summed E-state index contributed by atoms with van der Waals surface area (Å²) in [6.07, 6.45) is 0.760. The molecule has 0 atom stereocenters. The lowest BCUT2D eigenvalue weighted by molar-refractivity contribution is 0.0944. The van der Waals surface area contributed by atoms with Crippen molar-refractivity contribution < 1.29 is 13.9 Å². The van der Waals surface area contributed by atoms with Gasteiger partial charge in [0.25, 0.3) is 5.91 Å². The number of halogens is 1. The molecule has 2 rings (SSSR count). The van der Waals surface area contributed by atoms with Crippen LogP contribution in [-0.4, -0.2) is 31.2 Å². The number of hydrogen-bond donors (Lipinski definition) is 2. The van der Waals surface area contributed by atoms with E-state index in [-0.39, 0.29) is 11.7 Å². The van der Waals surface area contributed by atoms with E-state index in [4.69, 9.17) is 4.74 Å². The number of benzene rings is 1. The first-order valence-electron chi connectivity index (χ1n) is 6.18. The van der Waals surface area contributed by atoms with Crippen molar-refractivity contribution in [1.29, 1.82) is 0 Å². The van der Waals surface area contributed by atoms with E-state index in [0.29, 0.717) is 24.4 Å². The fourth-order valence-corrected chi connectivity index (χ4v) is 2.04. The lowest BCUT2D eigenvalue weighted by Crippen LogP contribution is -2.26. The Bertz CT molecular complexity index is 592. The first kappa shape index (κ1) is 13.5. The second kappa shape index (κ2) is 5.84. The van der Waals surface area contributed by atoms with Crippen LogP contribution >= 0.6 is 0 Å². The SMILES string of the molecule is COCCCNC(=O)c1[nH]c2cc(F)ccc2c1C. The predicted octanol–water partition coefficient (Wildman–Crippen LogP) is 2.38. The zero-order valence-electron chi connectivity index (χ0n) is 11.0. The van der Waals surface area contributed by atoms with Gasteiger partial charge in [0.15, 0.2) is 0 Å². The zero-order chi connectivity index (χ0) is 13.8. The Morgan fingerprint density at radius 1 is 1.47 bits per heavy atom. The largest absolute Gasteiger partial charge is 0.385 e. The molecule has 1 aromatic carbocycles. The number of carbonyl (C=O) groups excluding carboxylic acids is 1. The van der Waals surface area contributed by atoms with Crippen LogP contribution in [-0.2, 0) is 4.74 Å². The smallest absolute Gasteiger partial charge is 0.268 e. The van der Waals surface area contributed by atoms with Gasteiger partial charge >= 0.3 is 0 Å². The quantitative estimate of drug-likeness (QED) is 0.815. The van der Waals surface area contributed by atoms with Crippen LogP contribution in [0.3, 0.4) is 0 Å². The molecule has 0 fully saturated rings. The van der Waals surface area contributed by atoms with Crippen LogP contribution in [0.15, 0.2) is 18.2 Å². The Morgan fingerprint density at radius 3 is 3.00 bits per heavy atom. The van der Waals surface area contributed by atoms with E-state index >= 15 is 0 Å². The fraction of sp³-hybridized carbons (Fsp3) is 0.357. The third kappa shape index (κ3) is 2.93. The van der Waals surface area contributed by atoms with Gasteiger partial charge in [0.1, 0.15) is 11.5 Å². The van der Waals surface area contributed by atoms with Crippen molar-refractivity contribution in [2.75, 3.05) is 20.3 Å². The lowest BCUT2D eigenvalue weighted by Gasteiger charge is -2.04. The summed E-state index contributed by atoms with van der Waals surface area (Å²) in [5.74, 6) is -0.494. The van der Waals surface area contributed by atoms with Crippen LogP contribution in [0.5, 0.6) is 0 Å². The third-order valence-electron chi connectivity index (χ3n) is 3.06. The molecule has 0 aliphatic rings. The summed E-state index contributed by atoms with van der Waals surface area (Å²) < 4.78 is 18.0. The number of carbonyl (C=O) groups is 1. The molecule has 2 N–H and O–H groups in total. The molecule has 4 nitrogen and oxygen atoms in total. The van der Waals surface area contributed by atoms with Crippen molar-refractivity contribution in [3.05, 3.63) is 35.3 Å². The van der Waals surface area contributed by atoms with Crippen molar-refractivity contribution in [1.82, 2.24) is 10.3 Å². The average molecular weight is 264 g/mol. The van der Waals surface area contributed by atoms with E-state index in [2.05, 4.69) is 10.3 Å². The summed E-state index contributed by atoms with van der Waals surface area (Å²) in [6, 6.07) is 4.46. The van der Waals surface area contributed by atoms with Gasteiger partial charge in [-0.1, -0.05) is 0 Å². The second-order valence-electron chi connectivity index (χ2n) is 4.42. The zero-order valence-corrected chi connectivity index (χ0v) is 11.0. The number of fused-ring (bicyclic) bond motifs is 1. The van der Waals surface area contributed by atoms with E-state index in [1.54, 1.807) is 13.2 Å². The molecule has 0 saturated heterocycles. The topological polar surface area (TPSA) is 54.1 Å². The highest BCUT2D eigenvalue weighted by molar-refractivity contribution is 6.00. The number of nitrogens with one attached hydrogen (secondary N) is 2. The molecule has 102 valence electrons. The van der Waals surface area contributed by atoms with Crippen LogP contribution in [0, 0.1) is 12.7 Å². The Kier molecular flexibility index (Phi) is 4.16. The maximum Gasteiger partial charge on any atom is 0.268 e. The number of ether oxygens (including phenoxy) is 1. The normalized spacial score (nSPS) is 10.9. The molecular formula is C14H17FN2O2. The van der Waals surface area contributed by atoms with E-state index in [9.17, 15) is 9.18 Å². The van der Waals surface area contributed by atoms with Crippen LogP contribution in [0.2, 0.25) is 0 Å². The van der Waals surface area contributed by atoms with Gasteiger partial charge in [0.05, 0.1) is 0 Å². The van der Waals surface area contributed by atoms with Crippen LogP contribution in [0.4, 0.5) is 4.39 Å². The van der Waals surface area contributed by atoms with E-state index in [0.717, 1.165) is 17.4 Å². The van der Waals surface area contributed by atoms with Gasteiger partial charge in [-0.25, -0.2) is 4.39 Å². The standard InChI is InChI=1S/C14H17FN2O2/c1-9-11-5-4-10(15)8-12(11)17-13(9)14(18)16-6-3-7-19-2/h4-5,8,17H,3,6-7H2,1-2H3,(H,16,18). The minimum atomic E-state index is -0.319. The third-order valence-corrected chi connectivity index (χ3v) is 3.06. The highest BCUT2D eigenvalue weighted by Crippen LogP contribution is 2.22. The molecule has 1 heterocycles. The van der Waals surface area contributed by atoms with Crippen molar-refractivity contribution >= 4 is 16.8 Å². The van der Waals surface area contributed by atoms with Gasteiger partial charge in [-0.3, -0.25) is 4.79 Å². The molecule has 0 spiro atoms. The van der Waals surface area contributed by atoms with E-state index in [1.807, 2.05) is 6.92 Å². The maximum absolute atomic E-state index is 13.1. The summed E-state index contributed by atoms with van der Waals surface area (Å²) in [6.45, 7) is 3.01. The fourth-order valence-electron chi connectivity index (χ4n) is 2.04. The van der Waals surface area contributed by atoms with Gasteiger partial charge < -0.3 is 15.0 Å². The molecule has 19 heavy (non-hydrogen) atoms. The Labute approximate surface area is 111 Å². The van der Waals surface area contributed by atoms with Crippen molar-refractivity contribution in [2.45, 2.75) is 13.3 Å². The number of aromatic nitrogens is 1. The summed E-state index contributed by atoms with van der Waals surface area (Å²) in [5, 5.41) is 3.67. The number of aromatic amines is 1. The Balaban J connectivity index is 2.15. The molecule has 0 aliphatic heterocycles. The van der Waals surface area contributed by atoms with Crippen molar-refractivity contribution in [2.24, 2.45) is 0 Å². The van der Waals surface area contributed by atoms with Gasteiger partial charge in [0.2, 0.25) is 0 Å². The number of H-pyrrole nitrogens is 1. The van der Waals surface area contributed by atoms with Gasteiger partial charge in [-0.05, 0) is 37.1 Å². The molecule has 0 saturated carbocycles. The first-order chi connectivity index (χ1) is 9.13. The van der Waals surface area contributed by atoms with Crippen molar-refractivity contribution in [3.8, 4) is 0 Å². The molecule has 2 aromatic rings. The minimum Gasteiger partial charge on any atom is -0.385 e. The maximum atomic E-state index is 13.1. The number of amides is 1. The lowest BCUT2D eigenvalue weighted by atomic mass is 10.1. The monoisotopic (exact) mass is 264 g/mol. The summed E-state index contributed by atoms with van der Waals surface area (Å²) in [7, 11) is 1.62. The minimum absolute atomic E-state index is 0.176. The molecular weight excluding hydrogens is 247 g/mol. The van der Waals surface area contributed by atoms with Crippen LogP contribution < -0.4 is 5.32 Å². The highest BCUT2D eigenvalue weighted by atomic mass is 19.1. The molecule has 1 aromatic heterocycles. The highest BCUT2D eigenvalue weighted by Gasteiger charge is 2.14. The second-order valence-corrected chi connectivity index (χ2v) is 4.42. The molecule has 0 aliphatic carbocycles. The van der Waals surface area contributed by atoms with Gasteiger partial charge in [-0.15, -0.1) is 0 Å². The average Bonchev–Trinajstić information content (AvgIpc) is 2.71. The number of rotatable bonds is 5. The van der Waals surface area contributed by atoms with Crippen LogP contribution in [0.25, 0.3) is 10.9 Å². The molecule has 0 bridgehead atoms. The number of aryl methyl sites for hydroxylation is 1. The molecule has 0 radical (unpaired) electrons. The predicted molar refractivity (Wildman–Crippen MR) is 71.8 cm³/mol. The summed E-state index contributed by atoms with van der Waals surface area (Å²) in [4.78, 5) is 15.0. The number of hydrogen-bond acceptors (Lipinski definition) is 2. The molecule has 5 heteroatoms. The number of methoxy groups -OCH3 is 1. The van der Waals surface area contributed by atoms with Crippen LogP contribution in [0.1, 0.15) is 22.5 Å². The van der Waals surface area contributed by atoms with Gasteiger partial charge in [0, 0.05) is 31.2 Å². The molecule has 1 amide bonds. The first-order valence-corrected chi connectivity index (χ1v) is 6.18. The van der Waals surface area contributed by atoms with Gasteiger partial charge in [-0.2, -0.15) is 0 Å². The van der Waals surface area contributed by atoms with Crippen molar-refractivity contribution in [3.63, 3.8) is 0 Å².